The van der Waals surface area contributed by atoms with Gasteiger partial charge < -0.3 is 20.3 Å². The number of hydrogen-bond acceptors (Lipinski definition) is 8. The summed E-state index contributed by atoms with van der Waals surface area (Å²) in [6, 6.07) is 0. The summed E-state index contributed by atoms with van der Waals surface area (Å²) < 4.78 is 6.16. The van der Waals surface area contributed by atoms with Gasteiger partial charge in [0.15, 0.2) is 5.78 Å². The molecule has 0 aliphatic heterocycles. The Morgan fingerprint density at radius 3 is 2.29 bits per heavy atom. The molecule has 5 aliphatic carbocycles. The lowest BCUT2D eigenvalue weighted by Gasteiger charge is -2.72. The smallest absolute Gasteiger partial charge is 0.309 e. The molecular weight excluding hydrogens is 642 g/mol. The average molecular weight is 706 g/mol. The van der Waals surface area contributed by atoms with Crippen molar-refractivity contribution in [3.05, 3.63) is 35.4 Å². The Labute approximate surface area is 305 Å². The Morgan fingerprint density at radius 1 is 0.961 bits per heavy atom. The number of fused-ring (bicyclic) bond motifs is 7. The van der Waals surface area contributed by atoms with Gasteiger partial charge >= 0.3 is 11.9 Å². The fraction of sp³-hybridized carbons (Fsp3) is 0.786. The molecule has 0 bridgehead atoms. The molecule has 5 aliphatic rings. The third-order valence-electron chi connectivity index (χ3n) is 15.8. The molecule has 1 aromatic heterocycles. The summed E-state index contributed by atoms with van der Waals surface area (Å²) in [5.74, 6) is 0.0204. The number of carboxylic acids is 1. The lowest BCUT2D eigenvalue weighted by molar-refractivity contribution is -0.235. The number of aromatic nitrogens is 2. The van der Waals surface area contributed by atoms with Gasteiger partial charge in [0.25, 0.3) is 0 Å². The average Bonchev–Trinajstić information content (AvgIpc) is 3.36. The van der Waals surface area contributed by atoms with Gasteiger partial charge in [-0.1, -0.05) is 54.0 Å². The van der Waals surface area contributed by atoms with Gasteiger partial charge in [-0.25, -0.2) is 9.97 Å². The molecule has 4 saturated carbocycles. The second-order valence-corrected chi connectivity index (χ2v) is 19.5. The van der Waals surface area contributed by atoms with Crippen molar-refractivity contribution in [2.45, 2.75) is 145 Å². The lowest BCUT2D eigenvalue weighted by atomic mass is 9.33. The molecule has 9 heteroatoms. The lowest BCUT2D eigenvalue weighted by Crippen LogP contribution is -2.66. The molecule has 1 aromatic rings. The van der Waals surface area contributed by atoms with E-state index in [1.165, 1.54) is 11.9 Å². The summed E-state index contributed by atoms with van der Waals surface area (Å²) in [4.78, 5) is 47.0. The quantitative estimate of drug-likeness (QED) is 0.214. The molecule has 0 aromatic carbocycles. The fourth-order valence-corrected chi connectivity index (χ4v) is 12.9. The first-order valence-electron chi connectivity index (χ1n) is 19.6. The Bertz CT molecular complexity index is 1570. The zero-order valence-corrected chi connectivity index (χ0v) is 32.6. The van der Waals surface area contributed by atoms with E-state index in [1.54, 1.807) is 26.2 Å². The number of hydrogen-bond donors (Lipinski definition) is 3. The number of aliphatic carboxylic acids is 1. The van der Waals surface area contributed by atoms with Crippen molar-refractivity contribution >= 4 is 17.7 Å². The highest BCUT2D eigenvalue weighted by Crippen LogP contribution is 2.77. The molecule has 0 saturated heterocycles. The number of Topliss-reactive ketones (excluding diaryl/α,β-unsaturated/α-hetero) is 1. The molecule has 3 N–H and O–H groups in total. The SMILES string of the molecule is CC(C)C1=C2C3CCC4C5(C)CCC(OC(=O)CC(C)(C)C(=O)O)C(C)(C)C5CCC4(C)C3(C)CCC2(C(O)CNCc2cncnc2)CC1=O. The molecule has 9 unspecified atom stereocenters. The minimum Gasteiger partial charge on any atom is -0.481 e. The van der Waals surface area contributed by atoms with E-state index in [0.29, 0.717) is 31.3 Å². The number of rotatable bonds is 10. The van der Waals surface area contributed by atoms with Crippen LogP contribution in [0.25, 0.3) is 0 Å². The van der Waals surface area contributed by atoms with Gasteiger partial charge in [0.05, 0.1) is 17.9 Å². The molecule has 4 fully saturated rings. The first-order valence-corrected chi connectivity index (χ1v) is 19.6. The summed E-state index contributed by atoms with van der Waals surface area (Å²) in [5, 5.41) is 25.1. The van der Waals surface area contributed by atoms with E-state index in [1.807, 2.05) is 0 Å². The van der Waals surface area contributed by atoms with Crippen molar-refractivity contribution in [2.75, 3.05) is 6.54 Å². The van der Waals surface area contributed by atoms with Crippen molar-refractivity contribution < 1.29 is 29.3 Å². The van der Waals surface area contributed by atoms with Gasteiger partial charge in [-0.3, -0.25) is 14.4 Å². The minimum absolute atomic E-state index is 0.0160. The van der Waals surface area contributed by atoms with E-state index in [4.69, 9.17) is 4.74 Å². The van der Waals surface area contributed by atoms with Gasteiger partial charge in [-0.15, -0.1) is 0 Å². The van der Waals surface area contributed by atoms with Crippen molar-refractivity contribution in [2.24, 2.45) is 56.2 Å². The maximum absolute atomic E-state index is 14.0. The van der Waals surface area contributed by atoms with Gasteiger partial charge in [-0.2, -0.15) is 0 Å². The Balaban J connectivity index is 1.26. The fourth-order valence-electron chi connectivity index (χ4n) is 12.9. The molecular formula is C42H63N3O6. The van der Waals surface area contributed by atoms with Crippen LogP contribution in [0, 0.1) is 56.2 Å². The van der Waals surface area contributed by atoms with E-state index in [9.17, 15) is 24.6 Å². The number of allylic oxidation sites excluding steroid dienone is 1. The van der Waals surface area contributed by atoms with E-state index < -0.39 is 28.9 Å². The zero-order valence-electron chi connectivity index (χ0n) is 32.6. The van der Waals surface area contributed by atoms with Crippen molar-refractivity contribution in [3.8, 4) is 0 Å². The topological polar surface area (TPSA) is 139 Å². The molecule has 1 heterocycles. The van der Waals surface area contributed by atoms with E-state index >= 15 is 0 Å². The Kier molecular flexibility index (Phi) is 9.73. The van der Waals surface area contributed by atoms with Crippen LogP contribution in [0.4, 0.5) is 0 Å². The summed E-state index contributed by atoms with van der Waals surface area (Å²) in [7, 11) is 0. The third-order valence-corrected chi connectivity index (χ3v) is 15.8. The van der Waals surface area contributed by atoms with E-state index in [-0.39, 0.29) is 51.8 Å². The van der Waals surface area contributed by atoms with Gasteiger partial charge in [-0.05, 0) is 111 Å². The summed E-state index contributed by atoms with van der Waals surface area (Å²) in [6.45, 7) is 20.6. The summed E-state index contributed by atoms with van der Waals surface area (Å²) >= 11 is 0. The number of carbonyl (C=O) groups excluding carboxylic acids is 2. The number of aliphatic hydroxyl groups excluding tert-OH is 1. The van der Waals surface area contributed by atoms with Crippen LogP contribution < -0.4 is 5.32 Å². The largest absolute Gasteiger partial charge is 0.481 e. The predicted molar refractivity (Wildman–Crippen MR) is 195 cm³/mol. The van der Waals surface area contributed by atoms with Crippen molar-refractivity contribution in [3.63, 3.8) is 0 Å². The molecule has 0 amide bonds. The summed E-state index contributed by atoms with van der Waals surface area (Å²) in [6.07, 6.45) is 12.2. The first kappa shape index (κ1) is 38.1. The molecule has 6 rings (SSSR count). The number of nitrogens with zero attached hydrogens (tertiary/aromatic N) is 2. The number of ketones is 1. The number of carbonyl (C=O) groups is 3. The third kappa shape index (κ3) is 5.91. The second-order valence-electron chi connectivity index (χ2n) is 19.5. The number of carboxylic acid groups (broad SMARTS) is 1. The normalized spacial score (nSPS) is 38.0. The highest BCUT2D eigenvalue weighted by molar-refractivity contribution is 6.00. The van der Waals surface area contributed by atoms with E-state index in [0.717, 1.165) is 62.5 Å². The van der Waals surface area contributed by atoms with Crippen LogP contribution in [0.5, 0.6) is 0 Å². The number of nitrogens with one attached hydrogen (secondary N) is 1. The van der Waals surface area contributed by atoms with Crippen LogP contribution in [-0.2, 0) is 25.7 Å². The first-order chi connectivity index (χ1) is 23.7. The second kappa shape index (κ2) is 13.0. The summed E-state index contributed by atoms with van der Waals surface area (Å²) in [5.41, 5.74) is 1.38. The monoisotopic (exact) mass is 705 g/mol. The highest BCUT2D eigenvalue weighted by atomic mass is 16.5. The number of esters is 1. The van der Waals surface area contributed by atoms with Gasteiger partial charge in [0.2, 0.25) is 0 Å². The predicted octanol–water partition coefficient (Wildman–Crippen LogP) is 7.32. The zero-order chi connectivity index (χ0) is 37.4. The molecule has 0 spiro atoms. The minimum atomic E-state index is -1.17. The maximum atomic E-state index is 14.0. The number of aliphatic hydroxyl groups is 1. The van der Waals surface area contributed by atoms with Gasteiger partial charge in [0, 0.05) is 48.3 Å². The molecule has 51 heavy (non-hydrogen) atoms. The Morgan fingerprint density at radius 2 is 1.65 bits per heavy atom. The van der Waals surface area contributed by atoms with Crippen molar-refractivity contribution in [1.82, 2.24) is 15.3 Å². The van der Waals surface area contributed by atoms with Crippen LogP contribution in [0.15, 0.2) is 29.9 Å². The van der Waals surface area contributed by atoms with E-state index in [2.05, 4.69) is 63.8 Å². The van der Waals surface area contributed by atoms with Crippen LogP contribution in [-0.4, -0.2) is 56.7 Å². The molecule has 9 atom stereocenters. The standard InChI is InChI=1S/C42H63N3O6/c1-25(2)34-28(46)18-42(31(47)23-43-20-26-21-44-24-45-22-26)17-16-40(8)27(35(34)42)10-11-30-39(7)14-13-32(51-33(48)19-37(3,4)36(49)50)38(5,6)29(39)12-15-41(30,40)9/h21-22,24-25,27,29-32,43,47H,10-20,23H2,1-9H3,(H,49,50). The van der Waals surface area contributed by atoms with Crippen molar-refractivity contribution in [1.29, 1.82) is 0 Å². The van der Waals surface area contributed by atoms with Crippen LogP contribution in [0.1, 0.15) is 132 Å². The van der Waals surface area contributed by atoms with Crippen LogP contribution >= 0.6 is 0 Å². The number of ether oxygens (including phenoxy) is 1. The molecule has 0 radical (unpaired) electrons. The highest BCUT2D eigenvalue weighted by Gasteiger charge is 2.70. The maximum Gasteiger partial charge on any atom is 0.309 e. The van der Waals surface area contributed by atoms with Gasteiger partial charge in [0.1, 0.15) is 12.4 Å². The van der Waals surface area contributed by atoms with Crippen LogP contribution in [0.2, 0.25) is 0 Å². The van der Waals surface area contributed by atoms with Crippen LogP contribution in [0.3, 0.4) is 0 Å². The molecule has 282 valence electrons. The molecule has 9 nitrogen and oxygen atoms in total. The Hall–Kier alpha value is -2.65.